The zero-order valence-electron chi connectivity index (χ0n) is 16.9. The fraction of sp³-hybridized carbons (Fsp3) is 0.435. The molecule has 4 rings (SSSR count). The lowest BCUT2D eigenvalue weighted by atomic mass is 10.1. The van der Waals surface area contributed by atoms with Crippen molar-refractivity contribution in [3.05, 3.63) is 65.2 Å². The Morgan fingerprint density at radius 3 is 2.34 bits per heavy atom. The third-order valence-electron chi connectivity index (χ3n) is 5.34. The summed E-state index contributed by atoms with van der Waals surface area (Å²) in [5.41, 5.74) is 4.44. The van der Waals surface area contributed by atoms with Crippen LogP contribution in [0.2, 0.25) is 0 Å². The summed E-state index contributed by atoms with van der Waals surface area (Å²) in [6.07, 6.45) is 1.29. The van der Waals surface area contributed by atoms with Crippen molar-refractivity contribution in [1.29, 1.82) is 0 Å². The lowest BCUT2D eigenvalue weighted by Gasteiger charge is -2.29. The van der Waals surface area contributed by atoms with E-state index in [1.54, 1.807) is 4.90 Å². The monoisotopic (exact) mass is 428 g/mol. The number of carbonyl (C=O) groups is 1. The molecule has 2 saturated heterocycles. The summed E-state index contributed by atoms with van der Waals surface area (Å²) < 4.78 is 5.93. The van der Waals surface area contributed by atoms with Crippen molar-refractivity contribution in [2.24, 2.45) is 0 Å². The molecule has 0 saturated carbocycles. The molecule has 0 bridgehead atoms. The molecule has 154 valence electrons. The van der Waals surface area contributed by atoms with Gasteiger partial charge in [0.2, 0.25) is 0 Å². The molecule has 29 heavy (non-hydrogen) atoms. The zero-order chi connectivity index (χ0) is 20.1. The lowest BCUT2D eigenvalue weighted by Crippen LogP contribution is -2.36. The van der Waals surface area contributed by atoms with E-state index in [-0.39, 0.29) is 5.91 Å². The molecule has 0 unspecified atom stereocenters. The van der Waals surface area contributed by atoms with Crippen LogP contribution in [-0.2, 0) is 11.3 Å². The number of rotatable bonds is 5. The summed E-state index contributed by atoms with van der Waals surface area (Å²) in [7, 11) is 1.87. The number of benzene rings is 2. The molecule has 0 atom stereocenters. The second kappa shape index (κ2) is 9.92. The largest absolute Gasteiger partial charge is 0.378 e. The molecular formula is C23H28N2O2S2. The highest BCUT2D eigenvalue weighted by atomic mass is 32.2. The minimum Gasteiger partial charge on any atom is -0.378 e. The van der Waals surface area contributed by atoms with Crippen molar-refractivity contribution < 1.29 is 9.53 Å². The number of nitrogens with zero attached hydrogens (tertiary/aromatic N) is 2. The van der Waals surface area contributed by atoms with Crippen molar-refractivity contribution in [3.63, 3.8) is 0 Å². The number of amides is 1. The highest BCUT2D eigenvalue weighted by Gasteiger charge is 2.18. The van der Waals surface area contributed by atoms with Gasteiger partial charge in [-0.2, -0.15) is 0 Å². The summed E-state index contributed by atoms with van der Waals surface area (Å²) in [6.45, 7) is 4.06. The molecule has 2 aliphatic heterocycles. The Balaban J connectivity index is 1.35. The van der Waals surface area contributed by atoms with Gasteiger partial charge >= 0.3 is 0 Å². The van der Waals surface area contributed by atoms with Crippen LogP contribution in [0.5, 0.6) is 0 Å². The number of morpholine rings is 1. The van der Waals surface area contributed by atoms with Crippen molar-refractivity contribution >= 4 is 35.1 Å². The van der Waals surface area contributed by atoms with Crippen LogP contribution in [0.1, 0.15) is 32.5 Å². The maximum Gasteiger partial charge on any atom is 0.253 e. The second-order valence-electron chi connectivity index (χ2n) is 7.48. The summed E-state index contributed by atoms with van der Waals surface area (Å²) >= 11 is 4.01. The van der Waals surface area contributed by atoms with Gasteiger partial charge < -0.3 is 14.5 Å². The fourth-order valence-electron chi connectivity index (χ4n) is 3.66. The topological polar surface area (TPSA) is 32.8 Å². The van der Waals surface area contributed by atoms with Gasteiger partial charge in [0.15, 0.2) is 0 Å². The minimum absolute atomic E-state index is 0.0674. The zero-order valence-corrected chi connectivity index (χ0v) is 18.5. The minimum atomic E-state index is 0.0674. The first-order valence-corrected chi connectivity index (χ1v) is 12.3. The van der Waals surface area contributed by atoms with E-state index in [2.05, 4.69) is 41.3 Å². The Hall–Kier alpha value is -1.63. The van der Waals surface area contributed by atoms with Crippen LogP contribution in [0, 0.1) is 0 Å². The van der Waals surface area contributed by atoms with Crippen LogP contribution in [0.25, 0.3) is 0 Å². The third-order valence-corrected chi connectivity index (χ3v) is 8.35. The molecule has 0 spiro atoms. The van der Waals surface area contributed by atoms with Gasteiger partial charge in [0.05, 0.1) is 17.8 Å². The summed E-state index contributed by atoms with van der Waals surface area (Å²) in [5.74, 6) is 2.52. The number of ether oxygens (including phenoxy) is 1. The first kappa shape index (κ1) is 20.6. The number of carbonyl (C=O) groups excluding carboxylic acids is 1. The Kier molecular flexibility index (Phi) is 7.06. The van der Waals surface area contributed by atoms with E-state index in [0.29, 0.717) is 11.1 Å². The van der Waals surface area contributed by atoms with Crippen LogP contribution < -0.4 is 4.90 Å². The van der Waals surface area contributed by atoms with E-state index in [4.69, 9.17) is 4.74 Å². The van der Waals surface area contributed by atoms with Gasteiger partial charge in [-0.05, 0) is 53.3 Å². The average molecular weight is 429 g/mol. The van der Waals surface area contributed by atoms with Crippen LogP contribution in [0.4, 0.5) is 5.69 Å². The van der Waals surface area contributed by atoms with E-state index < -0.39 is 0 Å². The third kappa shape index (κ3) is 5.30. The summed E-state index contributed by atoms with van der Waals surface area (Å²) in [6, 6.07) is 16.7. The quantitative estimate of drug-likeness (QED) is 0.691. The molecule has 4 nitrogen and oxygen atoms in total. The number of hydrogen-bond donors (Lipinski definition) is 0. The van der Waals surface area contributed by atoms with Crippen LogP contribution in [0.3, 0.4) is 0 Å². The van der Waals surface area contributed by atoms with E-state index >= 15 is 0 Å². The molecular weight excluding hydrogens is 400 g/mol. The van der Waals surface area contributed by atoms with Crippen molar-refractivity contribution in [3.8, 4) is 0 Å². The van der Waals surface area contributed by atoms with Gasteiger partial charge in [0.1, 0.15) is 0 Å². The van der Waals surface area contributed by atoms with Crippen LogP contribution >= 0.6 is 23.5 Å². The van der Waals surface area contributed by atoms with Crippen molar-refractivity contribution in [1.82, 2.24) is 4.90 Å². The molecule has 2 fully saturated rings. The molecule has 0 N–H and O–H groups in total. The molecule has 0 radical (unpaired) electrons. The van der Waals surface area contributed by atoms with Crippen molar-refractivity contribution in [2.75, 3.05) is 49.8 Å². The first-order valence-electron chi connectivity index (χ1n) is 10.2. The molecule has 2 aromatic rings. The molecule has 2 aliphatic rings. The Morgan fingerprint density at radius 2 is 1.69 bits per heavy atom. The predicted molar refractivity (Wildman–Crippen MR) is 124 cm³/mol. The Morgan fingerprint density at radius 1 is 1.03 bits per heavy atom. The summed E-state index contributed by atoms with van der Waals surface area (Å²) in [5, 5.41) is 0. The molecule has 0 aliphatic carbocycles. The second-order valence-corrected chi connectivity index (χ2v) is 10.2. The smallest absolute Gasteiger partial charge is 0.253 e. The SMILES string of the molecule is CN(Cc1ccc(N2CCOCC2)cc1)C(=O)c1ccc(C2SCCCS2)cc1. The maximum absolute atomic E-state index is 12.8. The standard InChI is InChI=1S/C23H28N2O2S2/c1-24(17-18-3-9-21(10-4-18)25-11-13-27-14-12-25)22(26)19-5-7-20(8-6-19)23-28-15-2-16-29-23/h3-10,23H,2,11-17H2,1H3. The van der Waals surface area contributed by atoms with E-state index in [1.165, 1.54) is 29.2 Å². The van der Waals surface area contributed by atoms with Gasteiger partial charge in [0, 0.05) is 37.9 Å². The molecule has 2 heterocycles. The Labute approximate surface area is 182 Å². The maximum atomic E-state index is 12.8. The number of hydrogen-bond acceptors (Lipinski definition) is 5. The van der Waals surface area contributed by atoms with E-state index in [0.717, 1.165) is 37.4 Å². The Bertz CT molecular complexity index is 799. The van der Waals surface area contributed by atoms with Crippen LogP contribution in [0.15, 0.2) is 48.5 Å². The van der Waals surface area contributed by atoms with Gasteiger partial charge in [-0.25, -0.2) is 0 Å². The molecule has 6 heteroatoms. The van der Waals surface area contributed by atoms with Crippen LogP contribution in [-0.4, -0.2) is 55.7 Å². The van der Waals surface area contributed by atoms with Gasteiger partial charge in [0.25, 0.3) is 5.91 Å². The predicted octanol–water partition coefficient (Wildman–Crippen LogP) is 4.66. The van der Waals surface area contributed by atoms with Gasteiger partial charge in [-0.3, -0.25) is 4.79 Å². The highest BCUT2D eigenvalue weighted by Crippen LogP contribution is 2.43. The van der Waals surface area contributed by atoms with Gasteiger partial charge in [-0.15, -0.1) is 23.5 Å². The van der Waals surface area contributed by atoms with Gasteiger partial charge in [-0.1, -0.05) is 24.3 Å². The van der Waals surface area contributed by atoms with Crippen molar-refractivity contribution in [2.45, 2.75) is 17.5 Å². The lowest BCUT2D eigenvalue weighted by molar-refractivity contribution is 0.0785. The number of thioether (sulfide) groups is 2. The number of anilines is 1. The normalized spacial score (nSPS) is 17.9. The molecule has 1 amide bonds. The highest BCUT2D eigenvalue weighted by molar-refractivity contribution is 8.16. The fourth-order valence-corrected chi connectivity index (χ4v) is 6.56. The average Bonchev–Trinajstić information content (AvgIpc) is 2.80. The van der Waals surface area contributed by atoms with E-state index in [9.17, 15) is 4.79 Å². The molecule has 2 aromatic carbocycles. The first-order chi connectivity index (χ1) is 14.2. The molecule has 0 aromatic heterocycles. The summed E-state index contributed by atoms with van der Waals surface area (Å²) in [4.78, 5) is 17.0. The van der Waals surface area contributed by atoms with E-state index in [1.807, 2.05) is 42.7 Å².